The minimum Gasteiger partial charge on any atom is -0.295 e. The van der Waals surface area contributed by atoms with Gasteiger partial charge in [0.05, 0.1) is 0 Å². The fraction of sp³-hybridized carbons (Fsp3) is 0.571. The van der Waals surface area contributed by atoms with Gasteiger partial charge < -0.3 is 0 Å². The number of nitrogens with zero attached hydrogens (tertiary/aromatic N) is 1. The van der Waals surface area contributed by atoms with Crippen LogP contribution in [0, 0.1) is 5.92 Å². The third kappa shape index (κ3) is 2.78. The number of hydrogen-bond donors (Lipinski definition) is 0. The zero-order valence-corrected chi connectivity index (χ0v) is 10.7. The van der Waals surface area contributed by atoms with E-state index in [0.29, 0.717) is 6.04 Å². The Bertz CT molecular complexity index is 312. The molecular formula is C14H20ClN. The predicted molar refractivity (Wildman–Crippen MR) is 69.8 cm³/mol. The van der Waals surface area contributed by atoms with Gasteiger partial charge in [-0.15, -0.1) is 11.6 Å². The summed E-state index contributed by atoms with van der Waals surface area (Å²) in [4.78, 5) is 2.54. The van der Waals surface area contributed by atoms with Crippen LogP contribution in [-0.4, -0.2) is 23.4 Å². The largest absolute Gasteiger partial charge is 0.295 e. The first-order chi connectivity index (χ1) is 7.81. The number of benzene rings is 1. The first-order valence-electron chi connectivity index (χ1n) is 6.15. The van der Waals surface area contributed by atoms with Crippen molar-refractivity contribution in [3.8, 4) is 0 Å². The lowest BCUT2D eigenvalue weighted by molar-refractivity contribution is 0.109. The summed E-state index contributed by atoms with van der Waals surface area (Å²) in [5.74, 6) is 1.49. The molecule has 1 aromatic rings. The van der Waals surface area contributed by atoms with Crippen LogP contribution in [0.3, 0.4) is 0 Å². The Morgan fingerprint density at radius 1 is 1.31 bits per heavy atom. The summed E-state index contributed by atoms with van der Waals surface area (Å²) in [5, 5.41) is 0. The number of likely N-dealkylation sites (tertiary alicyclic amines) is 1. The fourth-order valence-corrected chi connectivity index (χ4v) is 3.10. The van der Waals surface area contributed by atoms with E-state index in [4.69, 9.17) is 11.6 Å². The summed E-state index contributed by atoms with van der Waals surface area (Å²) in [6, 6.07) is 11.2. The summed E-state index contributed by atoms with van der Waals surface area (Å²) < 4.78 is 0. The maximum absolute atomic E-state index is 6.09. The number of halogens is 1. The van der Waals surface area contributed by atoms with Crippen molar-refractivity contribution < 1.29 is 0 Å². The Balaban J connectivity index is 2.02. The average molecular weight is 238 g/mol. The van der Waals surface area contributed by atoms with Gasteiger partial charge in [0.25, 0.3) is 0 Å². The van der Waals surface area contributed by atoms with Crippen molar-refractivity contribution in [2.75, 3.05) is 12.4 Å². The quantitative estimate of drug-likeness (QED) is 0.727. The van der Waals surface area contributed by atoms with Crippen LogP contribution >= 0.6 is 11.6 Å². The predicted octanol–water partition coefficient (Wildman–Crippen LogP) is 3.53. The van der Waals surface area contributed by atoms with E-state index in [1.807, 2.05) is 0 Å². The van der Waals surface area contributed by atoms with Crippen molar-refractivity contribution in [1.82, 2.24) is 4.90 Å². The topological polar surface area (TPSA) is 3.24 Å². The smallest absolute Gasteiger partial charge is 0.0382 e. The number of piperidine rings is 1. The van der Waals surface area contributed by atoms with Crippen LogP contribution in [0.5, 0.6) is 0 Å². The second-order valence-corrected chi connectivity index (χ2v) is 5.11. The lowest BCUT2D eigenvalue weighted by Crippen LogP contribution is -2.44. The van der Waals surface area contributed by atoms with Gasteiger partial charge in [0.15, 0.2) is 0 Å². The minimum atomic E-state index is 0.552. The van der Waals surface area contributed by atoms with Gasteiger partial charge in [-0.05, 0) is 30.9 Å². The molecule has 0 aromatic heterocycles. The maximum Gasteiger partial charge on any atom is 0.0382 e. The fourth-order valence-electron chi connectivity index (χ4n) is 2.60. The van der Waals surface area contributed by atoms with Crippen LogP contribution in [0.25, 0.3) is 0 Å². The molecule has 88 valence electrons. The normalized spacial score (nSPS) is 26.9. The molecular weight excluding hydrogens is 218 g/mol. The molecule has 2 atom stereocenters. The molecule has 0 bridgehead atoms. The molecule has 1 aliphatic rings. The number of alkyl halides is 1. The lowest BCUT2D eigenvalue weighted by Gasteiger charge is -2.39. The molecule has 16 heavy (non-hydrogen) atoms. The minimum absolute atomic E-state index is 0.552. The molecule has 0 radical (unpaired) electrons. The summed E-state index contributed by atoms with van der Waals surface area (Å²) in [5.41, 5.74) is 1.40. The van der Waals surface area contributed by atoms with E-state index in [-0.39, 0.29) is 0 Å². The molecule has 0 spiro atoms. The SMILES string of the molecule is CC1CCCN(Cc2ccccc2)C1CCl. The number of rotatable bonds is 3. The van der Waals surface area contributed by atoms with E-state index in [1.54, 1.807) is 0 Å². The van der Waals surface area contributed by atoms with Crippen LogP contribution < -0.4 is 0 Å². The molecule has 0 amide bonds. The summed E-state index contributed by atoms with van der Waals surface area (Å²) in [7, 11) is 0. The Morgan fingerprint density at radius 3 is 2.75 bits per heavy atom. The Labute approximate surface area is 103 Å². The second-order valence-electron chi connectivity index (χ2n) is 4.80. The molecule has 0 aliphatic carbocycles. The van der Waals surface area contributed by atoms with Crippen LogP contribution in [0.4, 0.5) is 0 Å². The highest BCUT2D eigenvalue weighted by molar-refractivity contribution is 6.18. The summed E-state index contributed by atoms with van der Waals surface area (Å²) >= 11 is 6.09. The molecule has 2 unspecified atom stereocenters. The van der Waals surface area contributed by atoms with Crippen molar-refractivity contribution in [2.24, 2.45) is 5.92 Å². The molecule has 2 rings (SSSR count). The Hall–Kier alpha value is -0.530. The van der Waals surface area contributed by atoms with Gasteiger partial charge in [-0.2, -0.15) is 0 Å². The van der Waals surface area contributed by atoms with Crippen LogP contribution in [0.1, 0.15) is 25.3 Å². The van der Waals surface area contributed by atoms with Gasteiger partial charge in [-0.25, -0.2) is 0 Å². The summed E-state index contributed by atoms with van der Waals surface area (Å²) in [6.45, 7) is 4.56. The second kappa shape index (κ2) is 5.70. The van der Waals surface area contributed by atoms with E-state index in [2.05, 4.69) is 42.2 Å². The first-order valence-corrected chi connectivity index (χ1v) is 6.68. The van der Waals surface area contributed by atoms with E-state index < -0.39 is 0 Å². The maximum atomic E-state index is 6.09. The first kappa shape index (κ1) is 11.9. The third-order valence-corrected chi connectivity index (χ3v) is 3.93. The molecule has 1 saturated heterocycles. The van der Waals surface area contributed by atoms with Crippen molar-refractivity contribution in [3.63, 3.8) is 0 Å². The molecule has 0 saturated carbocycles. The van der Waals surface area contributed by atoms with Gasteiger partial charge in [-0.3, -0.25) is 4.90 Å². The molecule has 0 N–H and O–H groups in total. The van der Waals surface area contributed by atoms with E-state index in [1.165, 1.54) is 24.9 Å². The van der Waals surface area contributed by atoms with E-state index in [9.17, 15) is 0 Å². The van der Waals surface area contributed by atoms with Crippen molar-refractivity contribution in [2.45, 2.75) is 32.4 Å². The standard InChI is InChI=1S/C14H20ClN/c1-12-6-5-9-16(14(12)10-15)11-13-7-3-2-4-8-13/h2-4,7-8,12,14H,5-6,9-11H2,1H3. The zero-order chi connectivity index (χ0) is 11.4. The molecule has 1 aliphatic heterocycles. The lowest BCUT2D eigenvalue weighted by atomic mass is 9.91. The highest BCUT2D eigenvalue weighted by atomic mass is 35.5. The summed E-state index contributed by atoms with van der Waals surface area (Å²) in [6.07, 6.45) is 2.63. The van der Waals surface area contributed by atoms with Crippen LogP contribution in [0.15, 0.2) is 30.3 Å². The average Bonchev–Trinajstić information content (AvgIpc) is 2.31. The van der Waals surface area contributed by atoms with Crippen LogP contribution in [-0.2, 0) is 6.54 Å². The van der Waals surface area contributed by atoms with Gasteiger partial charge in [-0.1, -0.05) is 37.3 Å². The van der Waals surface area contributed by atoms with E-state index >= 15 is 0 Å². The van der Waals surface area contributed by atoms with E-state index in [0.717, 1.165) is 18.3 Å². The molecule has 1 nitrogen and oxygen atoms in total. The number of hydrogen-bond acceptors (Lipinski definition) is 1. The van der Waals surface area contributed by atoms with Crippen molar-refractivity contribution in [1.29, 1.82) is 0 Å². The molecule has 1 heterocycles. The molecule has 2 heteroatoms. The van der Waals surface area contributed by atoms with Crippen LogP contribution in [0.2, 0.25) is 0 Å². The Kier molecular flexibility index (Phi) is 4.25. The molecule has 1 aromatic carbocycles. The van der Waals surface area contributed by atoms with Gasteiger partial charge >= 0.3 is 0 Å². The zero-order valence-electron chi connectivity index (χ0n) is 9.90. The van der Waals surface area contributed by atoms with Crippen molar-refractivity contribution in [3.05, 3.63) is 35.9 Å². The highest BCUT2D eigenvalue weighted by Crippen LogP contribution is 2.25. The van der Waals surface area contributed by atoms with Crippen molar-refractivity contribution >= 4 is 11.6 Å². The monoisotopic (exact) mass is 237 g/mol. The third-order valence-electron chi connectivity index (χ3n) is 3.62. The van der Waals surface area contributed by atoms with Gasteiger partial charge in [0.1, 0.15) is 0 Å². The van der Waals surface area contributed by atoms with Gasteiger partial charge in [0, 0.05) is 18.5 Å². The molecule has 1 fully saturated rings. The van der Waals surface area contributed by atoms with Gasteiger partial charge in [0.2, 0.25) is 0 Å². The highest BCUT2D eigenvalue weighted by Gasteiger charge is 2.27. The Morgan fingerprint density at radius 2 is 2.06 bits per heavy atom.